The molecule has 0 heterocycles. The van der Waals surface area contributed by atoms with Crippen molar-refractivity contribution in [3.63, 3.8) is 0 Å². The third kappa shape index (κ3) is 9.25. The summed E-state index contributed by atoms with van der Waals surface area (Å²) in [5.74, 6) is -1.78. The molecule has 0 aliphatic carbocycles. The molecule has 3 aromatic rings. The van der Waals surface area contributed by atoms with E-state index in [1.807, 2.05) is 0 Å². The fourth-order valence-corrected chi connectivity index (χ4v) is 6.22. The standard InChI is InChI=1S/C26H21AsF6O5S/c1-37-21-7-5-15(10-23(34)35)9-22(21)38-20-8-6-19(12-17(20)13-39-14-25(28,29)30)27-24(36)16-3-2-4-18(11-16)26(31,32)33/h2-9,11-12,27H,10,13-14H2,1H3,(H,34,35). The minimum absolute atomic E-state index is 0.0990. The maximum absolute atomic E-state index is 13.0. The number of alkyl halides is 6. The number of carboxylic acids is 1. The SMILES string of the molecule is COc1ccc(CC(=O)O)cc1Oc1ccc([AsH]C(=O)c2cccc(C(F)(F)F)c2)cc1CSCC(F)(F)F. The van der Waals surface area contributed by atoms with Gasteiger partial charge in [0.25, 0.3) is 0 Å². The van der Waals surface area contributed by atoms with Gasteiger partial charge in [0.05, 0.1) is 0 Å². The second-order valence-electron chi connectivity index (χ2n) is 8.12. The summed E-state index contributed by atoms with van der Waals surface area (Å²) in [5.41, 5.74) is -0.320. The monoisotopic (exact) mass is 634 g/mol. The van der Waals surface area contributed by atoms with Crippen molar-refractivity contribution in [2.75, 3.05) is 12.9 Å². The number of carbonyl (C=O) groups is 2. The quantitative estimate of drug-likeness (QED) is 0.212. The molecule has 0 spiro atoms. The van der Waals surface area contributed by atoms with Crippen molar-refractivity contribution in [2.24, 2.45) is 0 Å². The fourth-order valence-electron chi connectivity index (χ4n) is 3.39. The maximum atomic E-state index is 13.0. The van der Waals surface area contributed by atoms with Crippen molar-refractivity contribution in [3.05, 3.63) is 82.9 Å². The van der Waals surface area contributed by atoms with E-state index in [-0.39, 0.29) is 35.0 Å². The van der Waals surface area contributed by atoms with Crippen LogP contribution >= 0.6 is 11.8 Å². The fraction of sp³-hybridized carbons (Fsp3) is 0.231. The van der Waals surface area contributed by atoms with Crippen LogP contribution in [0.25, 0.3) is 0 Å². The van der Waals surface area contributed by atoms with Gasteiger partial charge in [-0.05, 0) is 0 Å². The molecular formula is C26H21AsF6O5S. The molecule has 0 radical (unpaired) electrons. The first-order valence-corrected chi connectivity index (χ1v) is 14.3. The molecule has 3 aromatic carbocycles. The number of rotatable bonds is 11. The van der Waals surface area contributed by atoms with E-state index in [2.05, 4.69) is 0 Å². The summed E-state index contributed by atoms with van der Waals surface area (Å²) in [5, 5.41) is 9.07. The normalized spacial score (nSPS) is 12.1. The number of aliphatic carboxylic acids is 1. The zero-order chi connectivity index (χ0) is 28.8. The van der Waals surface area contributed by atoms with Crippen LogP contribution in [0.3, 0.4) is 0 Å². The Labute approximate surface area is 230 Å². The zero-order valence-electron chi connectivity index (χ0n) is 20.2. The van der Waals surface area contributed by atoms with Crippen LogP contribution in [0.2, 0.25) is 0 Å². The van der Waals surface area contributed by atoms with Crippen molar-refractivity contribution < 1.29 is 50.5 Å². The number of hydrogen-bond donors (Lipinski definition) is 1. The Morgan fingerprint density at radius 2 is 1.64 bits per heavy atom. The van der Waals surface area contributed by atoms with E-state index in [0.717, 1.165) is 18.2 Å². The van der Waals surface area contributed by atoms with Crippen molar-refractivity contribution in [1.82, 2.24) is 0 Å². The van der Waals surface area contributed by atoms with Crippen molar-refractivity contribution in [3.8, 4) is 17.2 Å². The van der Waals surface area contributed by atoms with E-state index in [1.54, 1.807) is 0 Å². The first-order valence-electron chi connectivity index (χ1n) is 11.1. The molecule has 1 atom stereocenters. The van der Waals surface area contributed by atoms with E-state index in [4.69, 9.17) is 14.6 Å². The molecule has 0 aliphatic rings. The average Bonchev–Trinajstić information content (AvgIpc) is 2.84. The van der Waals surface area contributed by atoms with Crippen LogP contribution in [-0.4, -0.2) is 50.4 Å². The van der Waals surface area contributed by atoms with E-state index in [1.165, 1.54) is 49.6 Å². The Kier molecular flexibility index (Phi) is 10.0. The van der Waals surface area contributed by atoms with E-state index < -0.39 is 50.0 Å². The molecule has 208 valence electrons. The van der Waals surface area contributed by atoms with Crippen molar-refractivity contribution in [2.45, 2.75) is 24.5 Å². The van der Waals surface area contributed by atoms with Gasteiger partial charge in [-0.2, -0.15) is 0 Å². The topological polar surface area (TPSA) is 72.8 Å². The molecule has 1 N–H and O–H groups in total. The summed E-state index contributed by atoms with van der Waals surface area (Å²) in [6, 6.07) is 13.1. The number of halogens is 6. The molecule has 0 aromatic heterocycles. The molecule has 0 bridgehead atoms. The van der Waals surface area contributed by atoms with Gasteiger partial charge in [-0.15, -0.1) is 0 Å². The molecule has 0 saturated heterocycles. The van der Waals surface area contributed by atoms with Gasteiger partial charge in [0, 0.05) is 0 Å². The van der Waals surface area contributed by atoms with E-state index >= 15 is 0 Å². The van der Waals surface area contributed by atoms with Gasteiger partial charge in [0.2, 0.25) is 0 Å². The van der Waals surface area contributed by atoms with E-state index in [0.29, 0.717) is 27.2 Å². The first kappa shape index (κ1) is 30.4. The molecule has 0 fully saturated rings. The molecule has 1 unspecified atom stereocenters. The van der Waals surface area contributed by atoms with Crippen LogP contribution < -0.4 is 13.8 Å². The molecule has 5 nitrogen and oxygen atoms in total. The second kappa shape index (κ2) is 12.8. The van der Waals surface area contributed by atoms with Crippen LogP contribution in [0.15, 0.2) is 60.7 Å². The van der Waals surface area contributed by atoms with Gasteiger partial charge in [-0.3, -0.25) is 0 Å². The second-order valence-corrected chi connectivity index (χ2v) is 11.8. The number of ether oxygens (including phenoxy) is 2. The summed E-state index contributed by atoms with van der Waals surface area (Å²) >= 11 is -1.09. The molecular weight excluding hydrogens is 613 g/mol. The molecule has 0 saturated carbocycles. The van der Waals surface area contributed by atoms with Crippen LogP contribution in [0.1, 0.15) is 27.0 Å². The number of thioether (sulfide) groups is 1. The van der Waals surface area contributed by atoms with Gasteiger partial charge in [-0.25, -0.2) is 0 Å². The number of hydrogen-bond acceptors (Lipinski definition) is 5. The van der Waals surface area contributed by atoms with Gasteiger partial charge >= 0.3 is 230 Å². The number of methoxy groups -OCH3 is 1. The summed E-state index contributed by atoms with van der Waals surface area (Å²) in [7, 11) is 1.37. The van der Waals surface area contributed by atoms with Gasteiger partial charge in [-0.1, -0.05) is 0 Å². The predicted molar refractivity (Wildman–Crippen MR) is 136 cm³/mol. The molecule has 0 amide bonds. The Balaban J connectivity index is 1.91. The third-order valence-electron chi connectivity index (χ3n) is 5.10. The zero-order valence-corrected chi connectivity index (χ0v) is 23.1. The van der Waals surface area contributed by atoms with Crippen LogP contribution in [0, 0.1) is 0 Å². The van der Waals surface area contributed by atoms with Crippen LogP contribution in [-0.2, 0) is 23.1 Å². The van der Waals surface area contributed by atoms with E-state index in [9.17, 15) is 35.9 Å². The summed E-state index contributed by atoms with van der Waals surface area (Å²) in [6.45, 7) is 0. The molecule has 13 heteroatoms. The Bertz CT molecular complexity index is 1340. The average molecular weight is 634 g/mol. The molecule has 39 heavy (non-hydrogen) atoms. The summed E-state index contributed by atoms with van der Waals surface area (Å²) in [4.78, 5) is 23.9. The Hall–Kier alpha value is -3.11. The van der Waals surface area contributed by atoms with Gasteiger partial charge in [0.1, 0.15) is 0 Å². The number of carboxylic acid groups (broad SMARTS) is 1. The summed E-state index contributed by atoms with van der Waals surface area (Å²) in [6.07, 6.45) is -9.32. The molecule has 3 rings (SSSR count). The van der Waals surface area contributed by atoms with Gasteiger partial charge in [0.15, 0.2) is 0 Å². The predicted octanol–water partition coefficient (Wildman–Crippen LogP) is 5.83. The summed E-state index contributed by atoms with van der Waals surface area (Å²) < 4.78 is 88.6. The van der Waals surface area contributed by atoms with Crippen LogP contribution in [0.4, 0.5) is 26.3 Å². The minimum atomic E-state index is -4.61. The van der Waals surface area contributed by atoms with Crippen molar-refractivity contribution >= 4 is 42.4 Å². The first-order chi connectivity index (χ1) is 18.2. The third-order valence-corrected chi connectivity index (χ3v) is 8.48. The number of carbonyl (C=O) groups excluding carboxylic acids is 1. The number of benzene rings is 3. The Morgan fingerprint density at radius 1 is 0.923 bits per heavy atom. The Morgan fingerprint density at radius 3 is 2.28 bits per heavy atom. The van der Waals surface area contributed by atoms with Crippen LogP contribution in [0.5, 0.6) is 17.2 Å². The molecule has 0 aliphatic heterocycles. The van der Waals surface area contributed by atoms with Gasteiger partial charge < -0.3 is 0 Å². The van der Waals surface area contributed by atoms with Crippen molar-refractivity contribution in [1.29, 1.82) is 0 Å².